The largest absolute Gasteiger partial charge is 0.382 e. The second-order valence-electron chi connectivity index (χ2n) is 2.10. The van der Waals surface area contributed by atoms with Crippen LogP contribution in [-0.4, -0.2) is 9.91 Å². The van der Waals surface area contributed by atoms with Gasteiger partial charge in [0.05, 0.1) is 0 Å². The van der Waals surface area contributed by atoms with E-state index in [2.05, 4.69) is 4.98 Å². The normalized spacial score (nSPS) is 10.5. The Morgan fingerprint density at radius 1 is 1.54 bits per heavy atom. The minimum Gasteiger partial charge on any atom is -0.358 e. The van der Waals surface area contributed by atoms with E-state index in [1.807, 2.05) is 0 Å². The molecule has 0 aliphatic carbocycles. The van der Waals surface area contributed by atoms with Crippen molar-refractivity contribution in [1.29, 1.82) is 0 Å². The van der Waals surface area contributed by atoms with Gasteiger partial charge in [-0.15, -0.1) is 0 Å². The van der Waals surface area contributed by atoms with Crippen LogP contribution in [0.1, 0.15) is 12.1 Å². The third kappa shape index (κ3) is 2.09. The number of hydrogen-bond donors (Lipinski definition) is 0. The van der Waals surface area contributed by atoms with Crippen LogP contribution in [0.4, 0.5) is 14.6 Å². The number of aromatic nitrogens is 1. The average Bonchev–Trinajstić information content (AvgIpc) is 2.04. The van der Waals surface area contributed by atoms with Gasteiger partial charge in [0.25, 0.3) is 0 Å². The molecule has 70 valence electrons. The Morgan fingerprint density at radius 2 is 2.15 bits per heavy atom. The van der Waals surface area contributed by atoms with Crippen molar-refractivity contribution in [3.63, 3.8) is 0 Å². The van der Waals surface area contributed by atoms with Gasteiger partial charge < -0.3 is 10.1 Å². The van der Waals surface area contributed by atoms with Crippen LogP contribution in [0.15, 0.2) is 12.1 Å². The summed E-state index contributed by atoms with van der Waals surface area (Å²) in [5.41, 5.74) is -0.656. The lowest BCUT2D eigenvalue weighted by atomic mass is 10.3. The summed E-state index contributed by atoms with van der Waals surface area (Å²) in [7, 11) is 0. The van der Waals surface area contributed by atoms with Gasteiger partial charge in [0.2, 0.25) is 5.69 Å². The number of alkyl halides is 2. The molecule has 0 radical (unpaired) electrons. The first-order valence-electron chi connectivity index (χ1n) is 3.11. The average molecular weight is 209 g/mol. The second kappa shape index (κ2) is 3.61. The number of rotatable bonds is 2. The fraction of sp³-hybridized carbons (Fsp3) is 0.167. The Balaban J connectivity index is 3.19. The molecule has 1 aromatic heterocycles. The highest BCUT2D eigenvalue weighted by molar-refractivity contribution is 6.32. The van der Waals surface area contributed by atoms with Gasteiger partial charge in [0.1, 0.15) is 5.02 Å². The Morgan fingerprint density at radius 3 is 2.62 bits per heavy atom. The molecule has 0 aliphatic heterocycles. The molecule has 7 heteroatoms. The van der Waals surface area contributed by atoms with Gasteiger partial charge in [-0.05, 0) is 22.0 Å². The molecule has 0 unspecified atom stereocenters. The van der Waals surface area contributed by atoms with Crippen molar-refractivity contribution in [2.24, 2.45) is 0 Å². The van der Waals surface area contributed by atoms with Gasteiger partial charge in [-0.2, -0.15) is 0 Å². The van der Waals surface area contributed by atoms with Crippen LogP contribution in [0.25, 0.3) is 0 Å². The SMILES string of the molecule is O=[N+]([O-])c1nc(C(F)F)ccc1Cl. The van der Waals surface area contributed by atoms with Crippen molar-refractivity contribution in [3.8, 4) is 0 Å². The van der Waals surface area contributed by atoms with E-state index in [0.717, 1.165) is 12.1 Å². The maximum absolute atomic E-state index is 12.0. The predicted molar refractivity (Wildman–Crippen MR) is 40.9 cm³/mol. The molecule has 1 heterocycles. The Kier molecular flexibility index (Phi) is 2.72. The summed E-state index contributed by atoms with van der Waals surface area (Å²) >= 11 is 5.35. The van der Waals surface area contributed by atoms with Crippen molar-refractivity contribution in [3.05, 3.63) is 33.0 Å². The zero-order valence-corrected chi connectivity index (χ0v) is 6.83. The minimum absolute atomic E-state index is 0.255. The predicted octanol–water partition coefficient (Wildman–Crippen LogP) is 2.58. The first-order chi connectivity index (χ1) is 6.02. The van der Waals surface area contributed by atoms with Crippen molar-refractivity contribution in [1.82, 2.24) is 4.98 Å². The zero-order valence-electron chi connectivity index (χ0n) is 6.08. The molecular weight excluding hydrogens is 206 g/mol. The molecule has 0 fully saturated rings. The molecule has 1 rings (SSSR count). The number of nitro groups is 1. The number of halogens is 3. The second-order valence-corrected chi connectivity index (χ2v) is 2.51. The fourth-order valence-electron chi connectivity index (χ4n) is 0.696. The van der Waals surface area contributed by atoms with E-state index in [9.17, 15) is 18.9 Å². The highest BCUT2D eigenvalue weighted by atomic mass is 35.5. The topological polar surface area (TPSA) is 56.0 Å². The first-order valence-corrected chi connectivity index (χ1v) is 3.49. The molecule has 0 saturated heterocycles. The van der Waals surface area contributed by atoms with Gasteiger partial charge in [0, 0.05) is 0 Å². The molecule has 0 aliphatic rings. The van der Waals surface area contributed by atoms with Gasteiger partial charge >= 0.3 is 12.2 Å². The maximum Gasteiger partial charge on any atom is 0.382 e. The summed E-state index contributed by atoms with van der Waals surface area (Å²) in [5, 5.41) is 9.96. The highest BCUT2D eigenvalue weighted by Crippen LogP contribution is 2.25. The number of hydrogen-bond acceptors (Lipinski definition) is 3. The van der Waals surface area contributed by atoms with Gasteiger partial charge in [-0.3, -0.25) is 0 Å². The standard InChI is InChI=1S/C6H3ClF2N2O2/c7-3-1-2-4(5(8)9)10-6(3)11(12)13/h1-2,5H. The maximum atomic E-state index is 12.0. The number of nitrogens with zero attached hydrogens (tertiary/aromatic N) is 2. The highest BCUT2D eigenvalue weighted by Gasteiger charge is 2.21. The van der Waals surface area contributed by atoms with E-state index in [1.165, 1.54) is 0 Å². The van der Waals surface area contributed by atoms with Crippen molar-refractivity contribution >= 4 is 17.4 Å². The molecule has 0 spiro atoms. The third-order valence-corrected chi connectivity index (χ3v) is 1.54. The van der Waals surface area contributed by atoms with Crippen LogP contribution in [0.3, 0.4) is 0 Å². The van der Waals surface area contributed by atoms with Crippen molar-refractivity contribution in [2.75, 3.05) is 0 Å². The smallest absolute Gasteiger partial charge is 0.358 e. The molecule has 4 nitrogen and oxygen atoms in total. The number of pyridine rings is 1. The van der Waals surface area contributed by atoms with Gasteiger partial charge in [-0.25, -0.2) is 8.78 Å². The molecule has 13 heavy (non-hydrogen) atoms. The summed E-state index contributed by atoms with van der Waals surface area (Å²) in [4.78, 5) is 12.4. The van der Waals surface area contributed by atoms with E-state index in [0.29, 0.717) is 0 Å². The van der Waals surface area contributed by atoms with Crippen LogP contribution in [-0.2, 0) is 0 Å². The van der Waals surface area contributed by atoms with E-state index in [4.69, 9.17) is 11.6 Å². The van der Waals surface area contributed by atoms with Crippen LogP contribution >= 0.6 is 11.6 Å². The van der Waals surface area contributed by atoms with Crippen LogP contribution in [0, 0.1) is 10.1 Å². The summed E-state index contributed by atoms with van der Waals surface area (Å²) in [6.45, 7) is 0. The first kappa shape index (κ1) is 9.79. The monoisotopic (exact) mass is 208 g/mol. The van der Waals surface area contributed by atoms with E-state index in [1.54, 1.807) is 0 Å². The molecule has 0 bridgehead atoms. The van der Waals surface area contributed by atoms with E-state index in [-0.39, 0.29) is 5.02 Å². The van der Waals surface area contributed by atoms with E-state index >= 15 is 0 Å². The Bertz CT molecular complexity index is 345. The van der Waals surface area contributed by atoms with Crippen molar-refractivity contribution < 1.29 is 13.7 Å². The van der Waals surface area contributed by atoms with E-state index < -0.39 is 22.9 Å². The molecule has 0 saturated carbocycles. The molecular formula is C6H3ClF2N2O2. The van der Waals surface area contributed by atoms with Crippen LogP contribution < -0.4 is 0 Å². The fourth-order valence-corrected chi connectivity index (χ4v) is 0.870. The molecule has 0 atom stereocenters. The zero-order chi connectivity index (χ0) is 10.0. The van der Waals surface area contributed by atoms with Crippen LogP contribution in [0.2, 0.25) is 5.02 Å². The molecule has 1 aromatic rings. The lowest BCUT2D eigenvalue weighted by Crippen LogP contribution is -1.97. The quantitative estimate of drug-likeness (QED) is 0.554. The van der Waals surface area contributed by atoms with Gasteiger partial charge in [0.15, 0.2) is 0 Å². The Labute approximate surface area is 76.3 Å². The van der Waals surface area contributed by atoms with Crippen molar-refractivity contribution in [2.45, 2.75) is 6.43 Å². The Hall–Kier alpha value is -1.30. The summed E-state index contributed by atoms with van der Waals surface area (Å²) in [6, 6.07) is 1.97. The summed E-state index contributed by atoms with van der Waals surface area (Å²) in [5.74, 6) is -0.750. The molecule has 0 aromatic carbocycles. The third-order valence-electron chi connectivity index (χ3n) is 1.25. The molecule has 0 amide bonds. The lowest BCUT2D eigenvalue weighted by Gasteiger charge is -1.96. The van der Waals surface area contributed by atoms with Crippen LogP contribution in [0.5, 0.6) is 0 Å². The lowest BCUT2D eigenvalue weighted by molar-refractivity contribution is -0.389. The summed E-state index contributed by atoms with van der Waals surface area (Å²) in [6.07, 6.45) is -2.84. The van der Waals surface area contributed by atoms with Gasteiger partial charge in [-0.1, -0.05) is 11.6 Å². The summed E-state index contributed by atoms with van der Waals surface area (Å²) < 4.78 is 24.0. The minimum atomic E-state index is -2.84. The molecule has 0 N–H and O–H groups in total.